The van der Waals surface area contributed by atoms with Crippen molar-refractivity contribution < 1.29 is 0 Å². The summed E-state index contributed by atoms with van der Waals surface area (Å²) in [5.74, 6) is 0.893. The van der Waals surface area contributed by atoms with Crippen LogP contribution in [0.1, 0.15) is 29.4 Å². The predicted octanol–water partition coefficient (Wildman–Crippen LogP) is 2.07. The molecule has 2 rings (SSSR count). The second-order valence-electron chi connectivity index (χ2n) is 6.51. The van der Waals surface area contributed by atoms with Crippen molar-refractivity contribution in [3.63, 3.8) is 0 Å². The molecule has 1 unspecified atom stereocenters. The van der Waals surface area contributed by atoms with Crippen LogP contribution < -0.4 is 10.6 Å². The van der Waals surface area contributed by atoms with Crippen LogP contribution in [0.3, 0.4) is 0 Å². The van der Waals surface area contributed by atoms with E-state index in [1.165, 1.54) is 4.88 Å². The maximum Gasteiger partial charge on any atom is 0.191 e. The van der Waals surface area contributed by atoms with E-state index in [2.05, 4.69) is 53.2 Å². The zero-order valence-corrected chi connectivity index (χ0v) is 19.3. The topological polar surface area (TPSA) is 55.8 Å². The van der Waals surface area contributed by atoms with E-state index >= 15 is 0 Å². The van der Waals surface area contributed by atoms with Gasteiger partial charge in [0.2, 0.25) is 0 Å². The number of hydrogen-bond acceptors (Lipinski definition) is 5. The zero-order chi connectivity index (χ0) is 17.5. The molecule has 0 aromatic carbocycles. The maximum absolute atomic E-state index is 4.73. The van der Waals surface area contributed by atoms with E-state index in [0.29, 0.717) is 12.6 Å². The lowest BCUT2D eigenvalue weighted by Gasteiger charge is -2.36. The largest absolute Gasteiger partial charge is 0.357 e. The van der Waals surface area contributed by atoms with E-state index in [0.717, 1.165) is 55.9 Å². The third kappa shape index (κ3) is 7.36. The molecule has 1 aliphatic rings. The first-order chi connectivity index (χ1) is 11.5. The molecule has 0 amide bonds. The molecule has 2 N–H and O–H groups in total. The van der Waals surface area contributed by atoms with Gasteiger partial charge in [-0.2, -0.15) is 0 Å². The van der Waals surface area contributed by atoms with Gasteiger partial charge in [-0.1, -0.05) is 0 Å². The van der Waals surface area contributed by atoms with Crippen LogP contribution in [0.15, 0.2) is 4.99 Å². The highest BCUT2D eigenvalue weighted by molar-refractivity contribution is 14.0. The Kier molecular flexibility index (Phi) is 10.2. The van der Waals surface area contributed by atoms with Gasteiger partial charge in [0.05, 0.1) is 17.2 Å². The van der Waals surface area contributed by atoms with E-state index in [1.54, 1.807) is 11.3 Å². The Morgan fingerprint density at radius 3 is 2.48 bits per heavy atom. The first kappa shape index (κ1) is 22.6. The summed E-state index contributed by atoms with van der Waals surface area (Å²) in [5, 5.41) is 7.94. The van der Waals surface area contributed by atoms with Gasteiger partial charge in [0, 0.05) is 50.2 Å². The summed E-state index contributed by atoms with van der Waals surface area (Å²) in [6.07, 6.45) is 0. The smallest absolute Gasteiger partial charge is 0.191 e. The fraction of sp³-hybridized carbons (Fsp3) is 0.765. The monoisotopic (exact) mass is 480 g/mol. The van der Waals surface area contributed by atoms with E-state index in [4.69, 9.17) is 4.99 Å². The Morgan fingerprint density at radius 2 is 1.92 bits per heavy atom. The van der Waals surface area contributed by atoms with Gasteiger partial charge in [0.1, 0.15) is 0 Å². The highest BCUT2D eigenvalue weighted by atomic mass is 127. The molecule has 8 heteroatoms. The Bertz CT molecular complexity index is 539. The lowest BCUT2D eigenvalue weighted by Crippen LogP contribution is -2.52. The SMILES string of the molecule is CCNC(=NCc1sc(C)nc1C)NCC(C)N1CCN(C)CC1.I. The minimum absolute atomic E-state index is 0. The number of nitrogens with one attached hydrogen (secondary N) is 2. The number of halogens is 1. The number of nitrogens with zero attached hydrogens (tertiary/aromatic N) is 4. The number of hydrogen-bond donors (Lipinski definition) is 2. The summed E-state index contributed by atoms with van der Waals surface area (Å²) in [4.78, 5) is 15.4. The number of thiazole rings is 1. The molecule has 0 saturated carbocycles. The Balaban J connectivity index is 0.00000312. The van der Waals surface area contributed by atoms with Crippen LogP contribution in [0.4, 0.5) is 0 Å². The molecule has 1 aromatic heterocycles. The van der Waals surface area contributed by atoms with E-state index in [1.807, 2.05) is 6.92 Å². The molecule has 6 nitrogen and oxygen atoms in total. The number of piperazine rings is 1. The summed E-state index contributed by atoms with van der Waals surface area (Å²) in [5.41, 5.74) is 1.10. The van der Waals surface area contributed by atoms with Gasteiger partial charge in [-0.15, -0.1) is 35.3 Å². The van der Waals surface area contributed by atoms with Gasteiger partial charge in [-0.05, 0) is 34.7 Å². The van der Waals surface area contributed by atoms with E-state index < -0.39 is 0 Å². The van der Waals surface area contributed by atoms with E-state index in [-0.39, 0.29) is 24.0 Å². The summed E-state index contributed by atoms with van der Waals surface area (Å²) < 4.78 is 0. The third-order valence-electron chi connectivity index (χ3n) is 4.45. The van der Waals surface area contributed by atoms with Gasteiger partial charge in [0.25, 0.3) is 0 Å². The van der Waals surface area contributed by atoms with Crippen LogP contribution in [0.25, 0.3) is 0 Å². The molecule has 0 spiro atoms. The van der Waals surface area contributed by atoms with Gasteiger partial charge in [0.15, 0.2) is 5.96 Å². The molecule has 1 atom stereocenters. The van der Waals surface area contributed by atoms with Crippen LogP contribution in [0, 0.1) is 13.8 Å². The molecule has 0 bridgehead atoms. The maximum atomic E-state index is 4.73. The Morgan fingerprint density at radius 1 is 1.24 bits per heavy atom. The van der Waals surface area contributed by atoms with Gasteiger partial charge >= 0.3 is 0 Å². The molecule has 1 fully saturated rings. The minimum atomic E-state index is 0. The van der Waals surface area contributed by atoms with Crippen molar-refractivity contribution in [2.45, 2.75) is 40.3 Å². The van der Waals surface area contributed by atoms with Crippen LogP contribution in [-0.2, 0) is 6.54 Å². The van der Waals surface area contributed by atoms with Crippen LogP contribution in [0.2, 0.25) is 0 Å². The second-order valence-corrected chi connectivity index (χ2v) is 7.79. The number of aliphatic imine (C=N–C) groups is 1. The van der Waals surface area contributed by atoms with E-state index in [9.17, 15) is 0 Å². The normalized spacial score (nSPS) is 17.9. The highest BCUT2D eigenvalue weighted by Crippen LogP contribution is 2.17. The van der Waals surface area contributed by atoms with Gasteiger partial charge < -0.3 is 15.5 Å². The van der Waals surface area contributed by atoms with Crippen LogP contribution >= 0.6 is 35.3 Å². The van der Waals surface area contributed by atoms with Crippen molar-refractivity contribution in [1.82, 2.24) is 25.4 Å². The molecule has 144 valence electrons. The molecular formula is C17H33IN6S. The fourth-order valence-corrected chi connectivity index (χ4v) is 3.71. The van der Waals surface area contributed by atoms with Crippen molar-refractivity contribution in [3.05, 3.63) is 15.6 Å². The lowest BCUT2D eigenvalue weighted by atomic mass is 10.2. The van der Waals surface area contributed by atoms with Crippen LogP contribution in [0.5, 0.6) is 0 Å². The third-order valence-corrected chi connectivity index (χ3v) is 5.51. The molecular weight excluding hydrogens is 447 g/mol. The number of likely N-dealkylation sites (N-methyl/N-ethyl adjacent to an activating group) is 1. The first-order valence-electron chi connectivity index (χ1n) is 8.87. The molecule has 25 heavy (non-hydrogen) atoms. The molecule has 1 aromatic rings. The first-order valence-corrected chi connectivity index (χ1v) is 9.69. The zero-order valence-electron chi connectivity index (χ0n) is 16.1. The standard InChI is InChI=1S/C17H32N6S.HI/c1-6-18-17(20-12-16-14(3)21-15(4)24-16)19-11-13(2)23-9-7-22(5)8-10-23;/h13H,6-12H2,1-5H3,(H2,18,19,20);1H. The summed E-state index contributed by atoms with van der Waals surface area (Å²) in [6, 6.07) is 0.509. The summed E-state index contributed by atoms with van der Waals surface area (Å²) in [7, 11) is 2.19. The van der Waals surface area contributed by atoms with Crippen molar-refractivity contribution in [1.29, 1.82) is 0 Å². The Hall–Kier alpha value is -0.450. The fourth-order valence-electron chi connectivity index (χ4n) is 2.85. The second kappa shape index (κ2) is 11.3. The Labute approximate surface area is 173 Å². The molecule has 1 aliphatic heterocycles. The van der Waals surface area contributed by atoms with Crippen LogP contribution in [-0.4, -0.2) is 73.1 Å². The summed E-state index contributed by atoms with van der Waals surface area (Å²) in [6.45, 7) is 15.6. The highest BCUT2D eigenvalue weighted by Gasteiger charge is 2.19. The predicted molar refractivity (Wildman–Crippen MR) is 118 cm³/mol. The van der Waals surface area contributed by atoms with Crippen molar-refractivity contribution in [2.24, 2.45) is 4.99 Å². The van der Waals surface area contributed by atoms with Crippen molar-refractivity contribution >= 4 is 41.3 Å². The average molecular weight is 480 g/mol. The number of aryl methyl sites for hydroxylation is 2. The molecule has 1 saturated heterocycles. The van der Waals surface area contributed by atoms with Crippen molar-refractivity contribution in [3.8, 4) is 0 Å². The number of rotatable bonds is 6. The van der Waals surface area contributed by atoms with Gasteiger partial charge in [-0.25, -0.2) is 9.98 Å². The number of aromatic nitrogens is 1. The quantitative estimate of drug-likeness (QED) is 0.371. The lowest BCUT2D eigenvalue weighted by molar-refractivity contribution is 0.120. The molecule has 0 radical (unpaired) electrons. The minimum Gasteiger partial charge on any atom is -0.357 e. The molecule has 2 heterocycles. The summed E-state index contributed by atoms with van der Waals surface area (Å²) >= 11 is 1.74. The van der Waals surface area contributed by atoms with Crippen molar-refractivity contribution in [2.75, 3.05) is 46.3 Å². The molecule has 0 aliphatic carbocycles. The average Bonchev–Trinajstić information content (AvgIpc) is 2.88. The van der Waals surface area contributed by atoms with Gasteiger partial charge in [-0.3, -0.25) is 4.90 Å². The number of guanidine groups is 1.